The van der Waals surface area contributed by atoms with Crippen LogP contribution in [0.25, 0.3) is 22.5 Å². The maximum absolute atomic E-state index is 16.3. The van der Waals surface area contributed by atoms with Gasteiger partial charge in [0.2, 0.25) is 0 Å². The van der Waals surface area contributed by atoms with E-state index in [9.17, 15) is 19.5 Å². The number of likely N-dealkylation sites (tertiary alicyclic amines) is 1. The lowest BCUT2D eigenvalue weighted by Crippen LogP contribution is -2.48. The average Bonchev–Trinajstić information content (AvgIpc) is 3.60. The second kappa shape index (κ2) is 11.7. The summed E-state index contributed by atoms with van der Waals surface area (Å²) in [4.78, 5) is 49.0. The SMILES string of the molecule is CC(C)(O)C(=O)N1CCC(c2cc(-c3ccc(C4CCCn5c4c(C(N)=O)c(=O)n5-c4ccccn4)cc3F)c3c(N)ncnn23)CC1. The summed E-state index contributed by atoms with van der Waals surface area (Å²) in [5, 5.41) is 14.7. The molecule has 1 atom stereocenters. The van der Waals surface area contributed by atoms with Gasteiger partial charge in [-0.1, -0.05) is 18.2 Å². The van der Waals surface area contributed by atoms with Gasteiger partial charge in [-0.2, -0.15) is 9.78 Å². The second-order valence-corrected chi connectivity index (χ2v) is 13.0. The predicted molar refractivity (Wildman–Crippen MR) is 175 cm³/mol. The maximum atomic E-state index is 16.3. The Morgan fingerprint density at radius 1 is 1.02 bits per heavy atom. The van der Waals surface area contributed by atoms with E-state index in [4.69, 9.17) is 11.5 Å². The predicted octanol–water partition coefficient (Wildman–Crippen LogP) is 2.97. The van der Waals surface area contributed by atoms with Crippen molar-refractivity contribution in [1.29, 1.82) is 0 Å². The number of fused-ring (bicyclic) bond motifs is 2. The minimum atomic E-state index is -1.45. The van der Waals surface area contributed by atoms with Crippen molar-refractivity contribution in [2.24, 2.45) is 5.73 Å². The number of anilines is 1. The van der Waals surface area contributed by atoms with Crippen LogP contribution < -0.4 is 17.0 Å². The Morgan fingerprint density at radius 2 is 1.79 bits per heavy atom. The lowest BCUT2D eigenvalue weighted by Gasteiger charge is -2.35. The van der Waals surface area contributed by atoms with Crippen LogP contribution in [-0.4, -0.2) is 69.5 Å². The summed E-state index contributed by atoms with van der Waals surface area (Å²) >= 11 is 0. The van der Waals surface area contributed by atoms with Crippen LogP contribution >= 0.6 is 0 Å². The number of hydrogen-bond acceptors (Lipinski definition) is 8. The fourth-order valence-electron chi connectivity index (χ4n) is 7.30. The zero-order chi connectivity index (χ0) is 33.9. The summed E-state index contributed by atoms with van der Waals surface area (Å²) in [6.45, 7) is 4.35. The van der Waals surface area contributed by atoms with Crippen molar-refractivity contribution in [3.63, 3.8) is 0 Å². The molecule has 1 aromatic carbocycles. The van der Waals surface area contributed by atoms with Crippen molar-refractivity contribution in [1.82, 2.24) is 33.8 Å². The van der Waals surface area contributed by atoms with Crippen LogP contribution in [0.3, 0.4) is 0 Å². The van der Waals surface area contributed by atoms with E-state index in [2.05, 4.69) is 15.1 Å². The minimum Gasteiger partial charge on any atom is -0.382 e. The van der Waals surface area contributed by atoms with E-state index in [0.29, 0.717) is 79.0 Å². The lowest BCUT2D eigenvalue weighted by atomic mass is 9.86. The Labute approximate surface area is 274 Å². The molecule has 5 N–H and O–H groups in total. The Bertz CT molecular complexity index is 2120. The number of nitrogens with two attached hydrogens (primary N) is 2. The number of rotatable bonds is 6. The van der Waals surface area contributed by atoms with Crippen LogP contribution in [0.15, 0.2) is 59.8 Å². The Balaban J connectivity index is 1.26. The quantitative estimate of drug-likeness (QED) is 0.250. The van der Waals surface area contributed by atoms with Crippen molar-refractivity contribution < 1.29 is 19.1 Å². The molecule has 248 valence electrons. The molecule has 1 saturated heterocycles. The van der Waals surface area contributed by atoms with Crippen LogP contribution in [0.5, 0.6) is 0 Å². The number of aliphatic hydroxyl groups is 1. The summed E-state index contributed by atoms with van der Waals surface area (Å²) in [5.74, 6) is -1.57. The van der Waals surface area contributed by atoms with Gasteiger partial charge in [0.15, 0.2) is 11.6 Å². The molecule has 2 aliphatic heterocycles. The van der Waals surface area contributed by atoms with Gasteiger partial charge >= 0.3 is 0 Å². The minimum absolute atomic E-state index is 0.00285. The number of carbonyl (C=O) groups is 2. The molecule has 14 heteroatoms. The first-order chi connectivity index (χ1) is 23.0. The highest BCUT2D eigenvalue weighted by Gasteiger charge is 2.36. The molecule has 1 unspecified atom stereocenters. The summed E-state index contributed by atoms with van der Waals surface area (Å²) in [5.41, 5.74) is 13.1. The third-order valence-corrected chi connectivity index (χ3v) is 9.51. The molecular weight excluding hydrogens is 617 g/mol. The monoisotopic (exact) mass is 653 g/mol. The summed E-state index contributed by atoms with van der Waals surface area (Å²) in [6, 6.07) is 12.0. The van der Waals surface area contributed by atoms with E-state index >= 15 is 4.39 Å². The maximum Gasteiger partial charge on any atom is 0.286 e. The number of carbonyl (C=O) groups excluding carboxylic acids is 2. The third kappa shape index (κ3) is 5.12. The Hall–Kier alpha value is -5.37. The van der Waals surface area contributed by atoms with Gasteiger partial charge in [0, 0.05) is 54.5 Å². The molecule has 0 saturated carbocycles. The van der Waals surface area contributed by atoms with Crippen molar-refractivity contribution in [2.45, 2.75) is 63.5 Å². The molecular formula is C34H36FN9O4. The molecule has 0 bridgehead atoms. The number of hydrogen-bond donors (Lipinski definition) is 3. The Morgan fingerprint density at radius 3 is 2.46 bits per heavy atom. The van der Waals surface area contributed by atoms with E-state index in [0.717, 1.165) is 5.69 Å². The first-order valence-electron chi connectivity index (χ1n) is 16.0. The molecule has 5 aromatic rings. The lowest BCUT2D eigenvalue weighted by molar-refractivity contribution is -0.148. The van der Waals surface area contributed by atoms with Gasteiger partial charge in [-0.15, -0.1) is 0 Å². The van der Waals surface area contributed by atoms with E-state index in [-0.39, 0.29) is 23.2 Å². The molecule has 2 amide bonds. The zero-order valence-corrected chi connectivity index (χ0v) is 26.6. The van der Waals surface area contributed by atoms with Crippen LogP contribution in [0.2, 0.25) is 0 Å². The zero-order valence-electron chi connectivity index (χ0n) is 26.6. The number of benzene rings is 1. The molecule has 7 rings (SSSR count). The first kappa shape index (κ1) is 31.2. The van der Waals surface area contributed by atoms with Crippen LogP contribution in [0.4, 0.5) is 10.2 Å². The molecule has 48 heavy (non-hydrogen) atoms. The highest BCUT2D eigenvalue weighted by Crippen LogP contribution is 2.40. The summed E-state index contributed by atoms with van der Waals surface area (Å²) < 4.78 is 21.1. The summed E-state index contributed by atoms with van der Waals surface area (Å²) in [7, 11) is 0. The van der Waals surface area contributed by atoms with Crippen LogP contribution in [-0.2, 0) is 11.3 Å². The number of nitrogen functional groups attached to an aromatic ring is 1. The highest BCUT2D eigenvalue weighted by molar-refractivity contribution is 5.94. The number of aromatic nitrogens is 6. The molecule has 13 nitrogen and oxygen atoms in total. The highest BCUT2D eigenvalue weighted by atomic mass is 19.1. The van der Waals surface area contributed by atoms with Crippen LogP contribution in [0.1, 0.15) is 78.7 Å². The van der Waals surface area contributed by atoms with Crippen molar-refractivity contribution in [3.05, 3.63) is 93.7 Å². The van der Waals surface area contributed by atoms with Crippen molar-refractivity contribution in [2.75, 3.05) is 18.8 Å². The van der Waals surface area contributed by atoms with Crippen molar-refractivity contribution >= 4 is 23.1 Å². The van der Waals surface area contributed by atoms with Gasteiger partial charge in [0.05, 0.1) is 5.69 Å². The number of halogens is 1. The molecule has 4 aromatic heterocycles. The van der Waals surface area contributed by atoms with E-state index < -0.39 is 28.8 Å². The van der Waals surface area contributed by atoms with Crippen molar-refractivity contribution in [3.8, 4) is 16.9 Å². The number of primary amides is 1. The molecule has 2 aliphatic rings. The average molecular weight is 654 g/mol. The molecule has 6 heterocycles. The van der Waals surface area contributed by atoms with E-state index in [1.165, 1.54) is 30.9 Å². The number of amides is 2. The summed E-state index contributed by atoms with van der Waals surface area (Å²) in [6.07, 6.45) is 5.45. The second-order valence-electron chi connectivity index (χ2n) is 13.0. The molecule has 1 fully saturated rings. The molecule has 0 radical (unpaired) electrons. The normalized spacial score (nSPS) is 17.1. The van der Waals surface area contributed by atoms with Gasteiger partial charge in [-0.25, -0.2) is 18.9 Å². The fourth-order valence-corrected chi connectivity index (χ4v) is 7.30. The fraction of sp³-hybridized carbons (Fsp3) is 0.353. The third-order valence-electron chi connectivity index (χ3n) is 9.51. The van der Waals surface area contributed by atoms with Gasteiger partial charge in [-0.3, -0.25) is 19.1 Å². The van der Waals surface area contributed by atoms with Gasteiger partial charge in [0.25, 0.3) is 17.4 Å². The standard InChI is InChI=1S/C34H36FN9O4/c1-34(2,48)33(47)41-14-10-19(11-15-41)25-17-23(29-30(36)39-18-40-43(25)29)22-9-8-20(16-24(22)35)21-6-5-13-42-28(21)27(31(37)45)32(46)44(42)26-7-3-4-12-38-26/h3-4,7-9,12,16-19,21,48H,5-6,10-11,13-15H2,1-2H3,(H2,37,45)(H2,36,39,40). The van der Waals surface area contributed by atoms with Gasteiger partial charge in [0.1, 0.15) is 28.8 Å². The molecule has 0 spiro atoms. The number of nitrogens with zero attached hydrogens (tertiary/aromatic N) is 7. The number of pyridine rings is 1. The smallest absolute Gasteiger partial charge is 0.286 e. The number of piperidine rings is 1. The van der Waals surface area contributed by atoms with Gasteiger partial charge in [-0.05, 0) is 69.4 Å². The van der Waals surface area contributed by atoms with Crippen LogP contribution in [0, 0.1) is 5.82 Å². The van der Waals surface area contributed by atoms with E-state index in [1.54, 1.807) is 50.6 Å². The van der Waals surface area contributed by atoms with E-state index in [1.807, 2.05) is 6.07 Å². The van der Waals surface area contributed by atoms with Gasteiger partial charge < -0.3 is 21.5 Å². The largest absolute Gasteiger partial charge is 0.382 e. The molecule has 0 aliphatic carbocycles. The first-order valence-corrected chi connectivity index (χ1v) is 16.0. The Kier molecular flexibility index (Phi) is 7.62. The topological polar surface area (TPSA) is 180 Å².